The van der Waals surface area contributed by atoms with Gasteiger partial charge in [0.2, 0.25) is 11.6 Å². The van der Waals surface area contributed by atoms with Crippen LogP contribution in [0.15, 0.2) is 22.7 Å². The van der Waals surface area contributed by atoms with Crippen LogP contribution in [0.25, 0.3) is 0 Å². The lowest BCUT2D eigenvalue weighted by molar-refractivity contribution is -0.452. The summed E-state index contributed by atoms with van der Waals surface area (Å²) in [7, 11) is 0. The molecule has 4 N–H and O–H groups in total. The average Bonchev–Trinajstić information content (AvgIpc) is 3.12. The molecule has 5 aliphatic rings. The molecular formula is C28H40O8. The Bertz CT molecular complexity index is 1020. The Kier molecular flexibility index (Phi) is 5.34. The highest BCUT2D eigenvalue weighted by molar-refractivity contribution is 6.00. The van der Waals surface area contributed by atoms with Gasteiger partial charge in [-0.25, -0.2) is 0 Å². The van der Waals surface area contributed by atoms with Crippen LogP contribution in [-0.4, -0.2) is 54.8 Å². The summed E-state index contributed by atoms with van der Waals surface area (Å²) in [6.45, 7) is 10.3. The third kappa shape index (κ3) is 2.33. The SMILES string of the molecule is CCCCCC(=O)C1=C(O)[C@@]2(C)[C@H]3C(C(=O)CCCCC)=C(O)[C@@]4(C)[C@@H]1C1(C)O[C@@]4(O)[C@@]3(C)O[C@@]12O. The first-order valence-corrected chi connectivity index (χ1v) is 13.5. The molecule has 0 radical (unpaired) electrons. The fourth-order valence-corrected chi connectivity index (χ4v) is 8.68. The van der Waals surface area contributed by atoms with Crippen LogP contribution in [0.1, 0.15) is 92.9 Å². The molecule has 8 bridgehead atoms. The second-order valence-electron chi connectivity index (χ2n) is 12.3. The van der Waals surface area contributed by atoms with Gasteiger partial charge in [0.15, 0.2) is 11.6 Å². The predicted molar refractivity (Wildman–Crippen MR) is 130 cm³/mol. The van der Waals surface area contributed by atoms with Gasteiger partial charge in [0.25, 0.3) is 0 Å². The number of ether oxygens (including phenoxy) is 2. The van der Waals surface area contributed by atoms with Crippen molar-refractivity contribution in [3.8, 4) is 0 Å². The van der Waals surface area contributed by atoms with Crippen LogP contribution in [0.4, 0.5) is 0 Å². The van der Waals surface area contributed by atoms with E-state index in [1.165, 1.54) is 0 Å². The summed E-state index contributed by atoms with van der Waals surface area (Å²) >= 11 is 0. The van der Waals surface area contributed by atoms with Gasteiger partial charge in [-0.3, -0.25) is 9.59 Å². The second kappa shape index (κ2) is 7.43. The average molecular weight is 505 g/mol. The van der Waals surface area contributed by atoms with E-state index >= 15 is 0 Å². The van der Waals surface area contributed by atoms with E-state index in [1.807, 2.05) is 13.8 Å². The third-order valence-electron chi connectivity index (χ3n) is 10.4. The fourth-order valence-electron chi connectivity index (χ4n) is 8.68. The standard InChI is InChI=1S/C28H40O8/c1-7-9-11-13-15(29)17-19-23(3)22(32)18(16(30)14-12-10-8-2)20-24(4,21(17)31)28(34)25(19,5)35-27(23,33)26(20,6)36-28/h19-20,31-34H,7-14H2,1-6H3/t19-,20-,23-,24-,25+,26?,27-,28-/m1/s1. The lowest BCUT2D eigenvalue weighted by Crippen LogP contribution is -2.70. The summed E-state index contributed by atoms with van der Waals surface area (Å²) in [4.78, 5) is 27.3. The van der Waals surface area contributed by atoms with Gasteiger partial charge in [0.1, 0.15) is 22.7 Å². The van der Waals surface area contributed by atoms with E-state index in [9.17, 15) is 30.0 Å². The number of carbonyl (C=O) groups is 2. The molecule has 0 aromatic carbocycles. The van der Waals surface area contributed by atoms with E-state index in [0.29, 0.717) is 12.8 Å². The zero-order chi connectivity index (χ0) is 26.7. The van der Waals surface area contributed by atoms with Crippen molar-refractivity contribution >= 4 is 11.6 Å². The highest BCUT2D eigenvalue weighted by Crippen LogP contribution is 2.84. The molecule has 8 heteroatoms. The Balaban J connectivity index is 1.80. The molecule has 0 amide bonds. The molecule has 2 aliphatic heterocycles. The number of Topliss-reactive ketones (excluding diaryl/α,β-unsaturated/α-hetero) is 2. The first-order chi connectivity index (χ1) is 16.7. The highest BCUT2D eigenvalue weighted by Gasteiger charge is 2.97. The molecule has 2 saturated heterocycles. The molecule has 1 saturated carbocycles. The van der Waals surface area contributed by atoms with Crippen molar-refractivity contribution in [2.45, 2.75) is 116 Å². The minimum Gasteiger partial charge on any atom is -0.511 e. The number of hydrogen-bond donors (Lipinski definition) is 4. The van der Waals surface area contributed by atoms with Crippen LogP contribution >= 0.6 is 0 Å². The lowest BCUT2D eigenvalue weighted by Gasteiger charge is -2.58. The van der Waals surface area contributed by atoms with Crippen LogP contribution in [0.3, 0.4) is 0 Å². The predicted octanol–water partition coefficient (Wildman–Crippen LogP) is 4.15. The molecule has 0 spiro atoms. The lowest BCUT2D eigenvalue weighted by atomic mass is 9.42. The van der Waals surface area contributed by atoms with Crippen molar-refractivity contribution in [1.82, 2.24) is 0 Å². The first-order valence-electron chi connectivity index (χ1n) is 13.5. The molecule has 36 heavy (non-hydrogen) atoms. The summed E-state index contributed by atoms with van der Waals surface area (Å²) < 4.78 is 12.7. The van der Waals surface area contributed by atoms with Crippen molar-refractivity contribution in [3.05, 3.63) is 22.7 Å². The highest BCUT2D eigenvalue weighted by atomic mass is 16.8. The van der Waals surface area contributed by atoms with Gasteiger partial charge in [-0.15, -0.1) is 0 Å². The maximum Gasteiger partial charge on any atom is 0.209 e. The molecule has 3 aliphatic carbocycles. The smallest absolute Gasteiger partial charge is 0.209 e. The minimum atomic E-state index is -2.15. The van der Waals surface area contributed by atoms with Crippen LogP contribution < -0.4 is 0 Å². The topological polar surface area (TPSA) is 134 Å². The molecule has 0 aromatic heterocycles. The first kappa shape index (κ1) is 25.9. The fraction of sp³-hybridized carbons (Fsp3) is 0.786. The van der Waals surface area contributed by atoms with Gasteiger partial charge >= 0.3 is 0 Å². The maximum atomic E-state index is 13.7. The van der Waals surface area contributed by atoms with Crippen molar-refractivity contribution in [2.24, 2.45) is 22.7 Å². The number of aliphatic hydroxyl groups excluding tert-OH is 2. The molecule has 3 fully saturated rings. The quantitative estimate of drug-likeness (QED) is 0.326. The van der Waals surface area contributed by atoms with Crippen LogP contribution in [0.2, 0.25) is 0 Å². The van der Waals surface area contributed by atoms with E-state index < -0.39 is 45.4 Å². The largest absolute Gasteiger partial charge is 0.511 e. The van der Waals surface area contributed by atoms with Crippen molar-refractivity contribution in [3.63, 3.8) is 0 Å². The van der Waals surface area contributed by atoms with Gasteiger partial charge in [-0.2, -0.15) is 0 Å². The van der Waals surface area contributed by atoms with Crippen LogP contribution in [0, 0.1) is 22.7 Å². The number of ketones is 2. The Morgan fingerprint density at radius 3 is 1.33 bits per heavy atom. The summed E-state index contributed by atoms with van der Waals surface area (Å²) in [6, 6.07) is 0. The summed E-state index contributed by atoms with van der Waals surface area (Å²) in [5.41, 5.74) is -6.63. The number of aliphatic hydroxyl groups is 4. The van der Waals surface area contributed by atoms with Gasteiger partial charge in [0, 0.05) is 35.8 Å². The molecular weight excluding hydrogens is 464 g/mol. The second-order valence-corrected chi connectivity index (χ2v) is 12.3. The van der Waals surface area contributed by atoms with Crippen LogP contribution in [0.5, 0.6) is 0 Å². The van der Waals surface area contributed by atoms with E-state index in [2.05, 4.69) is 0 Å². The van der Waals surface area contributed by atoms with E-state index in [-0.39, 0.29) is 47.1 Å². The zero-order valence-electron chi connectivity index (χ0n) is 22.2. The molecule has 200 valence electrons. The molecule has 5 rings (SSSR count). The normalized spacial score (nSPS) is 47.9. The summed E-state index contributed by atoms with van der Waals surface area (Å²) in [5, 5.41) is 48.2. The zero-order valence-corrected chi connectivity index (χ0v) is 22.2. The van der Waals surface area contributed by atoms with E-state index in [0.717, 1.165) is 25.7 Å². The molecule has 8 atom stereocenters. The van der Waals surface area contributed by atoms with E-state index in [1.54, 1.807) is 27.7 Å². The molecule has 8 nitrogen and oxygen atoms in total. The van der Waals surface area contributed by atoms with Gasteiger partial charge in [-0.05, 0) is 40.5 Å². The van der Waals surface area contributed by atoms with Gasteiger partial charge in [-0.1, -0.05) is 39.5 Å². The van der Waals surface area contributed by atoms with Crippen LogP contribution in [-0.2, 0) is 19.1 Å². The Hall–Kier alpha value is -1.74. The Morgan fingerprint density at radius 2 is 1.03 bits per heavy atom. The monoisotopic (exact) mass is 504 g/mol. The third-order valence-corrected chi connectivity index (χ3v) is 10.4. The van der Waals surface area contributed by atoms with E-state index in [4.69, 9.17) is 9.47 Å². The number of rotatable bonds is 10. The Morgan fingerprint density at radius 1 is 0.694 bits per heavy atom. The Labute approximate surface area is 212 Å². The summed E-state index contributed by atoms with van der Waals surface area (Å²) in [6.07, 6.45) is 5.12. The molecule has 0 aromatic rings. The maximum absolute atomic E-state index is 13.7. The van der Waals surface area contributed by atoms with Crippen molar-refractivity contribution in [1.29, 1.82) is 0 Å². The number of carbonyl (C=O) groups excluding carboxylic acids is 2. The van der Waals surface area contributed by atoms with Gasteiger partial charge < -0.3 is 29.9 Å². The molecule has 1 unspecified atom stereocenters. The summed E-state index contributed by atoms with van der Waals surface area (Å²) in [5.74, 6) is -7.84. The number of hydrogen-bond acceptors (Lipinski definition) is 8. The van der Waals surface area contributed by atoms with Crippen molar-refractivity contribution in [2.75, 3.05) is 0 Å². The van der Waals surface area contributed by atoms with Gasteiger partial charge in [0.05, 0.1) is 10.8 Å². The van der Waals surface area contributed by atoms with Crippen molar-refractivity contribution < 1.29 is 39.5 Å². The molecule has 2 heterocycles. The minimum absolute atomic E-state index is 0.0563. The number of unbranched alkanes of at least 4 members (excludes halogenated alkanes) is 4.